The molecule has 1 atom stereocenters. The number of urea groups is 1. The minimum absolute atomic E-state index is 0.0596. The Labute approximate surface area is 105 Å². The molecule has 0 spiro atoms. The van der Waals surface area contributed by atoms with Crippen LogP contribution in [0.4, 0.5) is 4.79 Å². The highest BCUT2D eigenvalue weighted by Gasteiger charge is 2.13. The zero-order valence-corrected chi connectivity index (χ0v) is 10.5. The van der Waals surface area contributed by atoms with Crippen LogP contribution in [0.1, 0.15) is 13.3 Å². The Hall–Kier alpha value is -1.83. The monoisotopic (exact) mass is 261 g/mol. The van der Waals surface area contributed by atoms with Gasteiger partial charge in [-0.2, -0.15) is 0 Å². The highest BCUT2D eigenvalue weighted by molar-refractivity contribution is 5.83. The standard InChI is InChI=1S/C10H19N3O5/c1-3-11-8(14)6-13-10(17)12-5-7(18-2)4-9(15)16/h7H,3-6H2,1-2H3,(H,11,14)(H,15,16)(H2,12,13,17). The van der Waals surface area contributed by atoms with Gasteiger partial charge in [0.1, 0.15) is 0 Å². The Bertz CT molecular complexity index is 295. The fraction of sp³-hybridized carbons (Fsp3) is 0.700. The highest BCUT2D eigenvalue weighted by Crippen LogP contribution is 1.94. The predicted octanol–water partition coefficient (Wildman–Crippen LogP) is -1.09. The van der Waals surface area contributed by atoms with E-state index in [0.717, 1.165) is 0 Å². The highest BCUT2D eigenvalue weighted by atomic mass is 16.5. The van der Waals surface area contributed by atoms with Gasteiger partial charge >= 0.3 is 12.0 Å². The molecule has 0 aliphatic heterocycles. The lowest BCUT2D eigenvalue weighted by Gasteiger charge is -2.14. The summed E-state index contributed by atoms with van der Waals surface area (Å²) >= 11 is 0. The molecule has 18 heavy (non-hydrogen) atoms. The van der Waals surface area contributed by atoms with Gasteiger partial charge in [0, 0.05) is 20.2 Å². The number of aliphatic carboxylic acids is 1. The van der Waals surface area contributed by atoms with Crippen molar-refractivity contribution in [3.8, 4) is 0 Å². The minimum atomic E-state index is -1.01. The molecule has 0 radical (unpaired) electrons. The van der Waals surface area contributed by atoms with Crippen LogP contribution in [0.2, 0.25) is 0 Å². The normalized spacial score (nSPS) is 11.4. The van der Waals surface area contributed by atoms with E-state index in [1.807, 2.05) is 0 Å². The summed E-state index contributed by atoms with van der Waals surface area (Å²) in [6, 6.07) is -0.548. The molecule has 0 fully saturated rings. The minimum Gasteiger partial charge on any atom is -0.481 e. The first-order chi connectivity index (χ1) is 8.49. The van der Waals surface area contributed by atoms with Gasteiger partial charge in [0.2, 0.25) is 5.91 Å². The molecule has 8 nitrogen and oxygen atoms in total. The molecular formula is C10H19N3O5. The number of amides is 3. The fourth-order valence-electron chi connectivity index (χ4n) is 1.12. The molecule has 4 N–H and O–H groups in total. The maximum absolute atomic E-state index is 11.3. The average molecular weight is 261 g/mol. The molecule has 0 rings (SSSR count). The number of carboxylic acid groups (broad SMARTS) is 1. The molecule has 0 bridgehead atoms. The summed E-state index contributed by atoms with van der Waals surface area (Å²) in [6.45, 7) is 2.19. The fourth-order valence-corrected chi connectivity index (χ4v) is 1.12. The van der Waals surface area contributed by atoms with E-state index in [1.54, 1.807) is 6.92 Å². The van der Waals surface area contributed by atoms with E-state index >= 15 is 0 Å². The Balaban J connectivity index is 3.80. The summed E-state index contributed by atoms with van der Waals surface area (Å²) in [5, 5.41) is 15.8. The first kappa shape index (κ1) is 16.2. The van der Waals surface area contributed by atoms with E-state index in [2.05, 4.69) is 16.0 Å². The molecule has 104 valence electrons. The van der Waals surface area contributed by atoms with E-state index in [9.17, 15) is 14.4 Å². The van der Waals surface area contributed by atoms with Crippen molar-refractivity contribution in [3.05, 3.63) is 0 Å². The summed E-state index contributed by atoms with van der Waals surface area (Å²) in [5.41, 5.74) is 0. The van der Waals surface area contributed by atoms with Gasteiger partial charge in [0.05, 0.1) is 19.1 Å². The lowest BCUT2D eigenvalue weighted by Crippen LogP contribution is -2.44. The maximum atomic E-state index is 11.3. The summed E-state index contributed by atoms with van der Waals surface area (Å²) in [5.74, 6) is -1.30. The number of carbonyl (C=O) groups excluding carboxylic acids is 2. The van der Waals surface area contributed by atoms with Crippen LogP contribution < -0.4 is 16.0 Å². The zero-order valence-electron chi connectivity index (χ0n) is 10.5. The molecule has 0 heterocycles. The molecule has 0 aliphatic rings. The molecule has 3 amide bonds. The average Bonchev–Trinajstić information content (AvgIpc) is 2.31. The van der Waals surface area contributed by atoms with Crippen molar-refractivity contribution in [2.75, 3.05) is 26.7 Å². The number of rotatable bonds is 8. The van der Waals surface area contributed by atoms with Crippen molar-refractivity contribution < 1.29 is 24.2 Å². The van der Waals surface area contributed by atoms with Crippen molar-refractivity contribution >= 4 is 17.9 Å². The smallest absolute Gasteiger partial charge is 0.315 e. The lowest BCUT2D eigenvalue weighted by molar-refractivity contribution is -0.139. The van der Waals surface area contributed by atoms with Crippen LogP contribution in [0.15, 0.2) is 0 Å². The van der Waals surface area contributed by atoms with E-state index in [1.165, 1.54) is 7.11 Å². The molecule has 0 aliphatic carbocycles. The molecule has 0 saturated carbocycles. The Morgan fingerprint density at radius 3 is 2.39 bits per heavy atom. The van der Waals surface area contributed by atoms with Gasteiger partial charge in [-0.25, -0.2) is 4.79 Å². The number of ether oxygens (including phenoxy) is 1. The lowest BCUT2D eigenvalue weighted by atomic mass is 10.2. The Kier molecular flexibility index (Phi) is 8.29. The maximum Gasteiger partial charge on any atom is 0.315 e. The number of carboxylic acids is 1. The third-order valence-corrected chi connectivity index (χ3v) is 2.01. The van der Waals surface area contributed by atoms with E-state index in [4.69, 9.17) is 9.84 Å². The van der Waals surface area contributed by atoms with Crippen LogP contribution in [0, 0.1) is 0 Å². The largest absolute Gasteiger partial charge is 0.481 e. The van der Waals surface area contributed by atoms with Gasteiger partial charge in [-0.05, 0) is 6.92 Å². The number of hydrogen-bond donors (Lipinski definition) is 4. The topological polar surface area (TPSA) is 117 Å². The third kappa shape index (κ3) is 8.34. The third-order valence-electron chi connectivity index (χ3n) is 2.01. The van der Waals surface area contributed by atoms with Crippen LogP contribution in [0.5, 0.6) is 0 Å². The first-order valence-electron chi connectivity index (χ1n) is 5.52. The van der Waals surface area contributed by atoms with E-state index in [0.29, 0.717) is 6.54 Å². The van der Waals surface area contributed by atoms with Gasteiger partial charge in [0.25, 0.3) is 0 Å². The molecule has 8 heteroatoms. The molecule has 0 aromatic rings. The van der Waals surface area contributed by atoms with Crippen LogP contribution in [-0.4, -0.2) is 55.9 Å². The first-order valence-corrected chi connectivity index (χ1v) is 5.52. The Morgan fingerprint density at radius 2 is 1.89 bits per heavy atom. The van der Waals surface area contributed by atoms with Crippen molar-refractivity contribution in [1.82, 2.24) is 16.0 Å². The van der Waals surface area contributed by atoms with Gasteiger partial charge in [0.15, 0.2) is 0 Å². The van der Waals surface area contributed by atoms with Gasteiger partial charge in [-0.3, -0.25) is 9.59 Å². The van der Waals surface area contributed by atoms with Crippen LogP contribution in [0.25, 0.3) is 0 Å². The van der Waals surface area contributed by atoms with E-state index < -0.39 is 18.1 Å². The number of nitrogens with one attached hydrogen (secondary N) is 3. The Morgan fingerprint density at radius 1 is 1.22 bits per heavy atom. The predicted molar refractivity (Wildman–Crippen MR) is 63.1 cm³/mol. The molecule has 0 aromatic heterocycles. The second kappa shape index (κ2) is 9.23. The molecular weight excluding hydrogens is 242 g/mol. The summed E-state index contributed by atoms with van der Waals surface area (Å²) in [7, 11) is 1.36. The molecule has 0 aromatic carbocycles. The molecule has 0 saturated heterocycles. The second-order valence-corrected chi connectivity index (χ2v) is 3.47. The number of methoxy groups -OCH3 is 1. The van der Waals surface area contributed by atoms with Crippen molar-refractivity contribution in [1.29, 1.82) is 0 Å². The van der Waals surface area contributed by atoms with Crippen LogP contribution in [-0.2, 0) is 14.3 Å². The van der Waals surface area contributed by atoms with Gasteiger partial charge in [-0.1, -0.05) is 0 Å². The van der Waals surface area contributed by atoms with Gasteiger partial charge in [-0.15, -0.1) is 0 Å². The second-order valence-electron chi connectivity index (χ2n) is 3.47. The van der Waals surface area contributed by atoms with Crippen molar-refractivity contribution in [2.24, 2.45) is 0 Å². The number of hydrogen-bond acceptors (Lipinski definition) is 4. The molecule has 1 unspecified atom stereocenters. The quantitative estimate of drug-likeness (QED) is 0.443. The number of likely N-dealkylation sites (N-methyl/N-ethyl adjacent to an activating group) is 1. The van der Waals surface area contributed by atoms with Crippen molar-refractivity contribution in [2.45, 2.75) is 19.4 Å². The van der Waals surface area contributed by atoms with Crippen LogP contribution in [0.3, 0.4) is 0 Å². The van der Waals surface area contributed by atoms with Crippen LogP contribution >= 0.6 is 0 Å². The summed E-state index contributed by atoms with van der Waals surface area (Å²) in [6.07, 6.45) is -0.801. The zero-order chi connectivity index (χ0) is 14.0. The SMILES string of the molecule is CCNC(=O)CNC(=O)NCC(CC(=O)O)OC. The number of carbonyl (C=O) groups is 3. The summed E-state index contributed by atoms with van der Waals surface area (Å²) < 4.78 is 4.87. The summed E-state index contributed by atoms with van der Waals surface area (Å²) in [4.78, 5) is 32.7. The van der Waals surface area contributed by atoms with Crippen molar-refractivity contribution in [3.63, 3.8) is 0 Å². The van der Waals surface area contributed by atoms with E-state index in [-0.39, 0.29) is 25.4 Å². The van der Waals surface area contributed by atoms with Gasteiger partial charge < -0.3 is 25.8 Å².